The van der Waals surface area contributed by atoms with Gasteiger partial charge in [0, 0.05) is 43.0 Å². The summed E-state index contributed by atoms with van der Waals surface area (Å²) >= 11 is 0. The SMILES string of the molecule is CC(C)n1ccnc1CN1C[C@H](c2ccc(F)cc2)[C@H]2[C@@H]1C1CCN2CC1. The van der Waals surface area contributed by atoms with Crippen LogP contribution >= 0.6 is 0 Å². The first-order valence-corrected chi connectivity index (χ1v) is 10.4. The van der Waals surface area contributed by atoms with Crippen molar-refractivity contribution in [2.75, 3.05) is 19.6 Å². The molecule has 4 nitrogen and oxygen atoms in total. The van der Waals surface area contributed by atoms with E-state index >= 15 is 0 Å². The Hall–Kier alpha value is -1.72. The molecule has 0 aliphatic carbocycles. The van der Waals surface area contributed by atoms with E-state index in [9.17, 15) is 4.39 Å². The molecule has 0 spiro atoms. The molecule has 0 saturated carbocycles. The average molecular weight is 369 g/mol. The van der Waals surface area contributed by atoms with Gasteiger partial charge in [-0.2, -0.15) is 0 Å². The second-order valence-electron chi connectivity index (χ2n) is 8.79. The van der Waals surface area contributed by atoms with Crippen LogP contribution in [-0.2, 0) is 6.54 Å². The topological polar surface area (TPSA) is 24.3 Å². The second-order valence-corrected chi connectivity index (χ2v) is 8.79. The zero-order valence-corrected chi connectivity index (χ0v) is 16.3. The highest BCUT2D eigenvalue weighted by Crippen LogP contribution is 2.46. The number of fused-ring (bicyclic) bond motifs is 2. The molecule has 5 heteroatoms. The lowest BCUT2D eigenvalue weighted by molar-refractivity contribution is -0.00958. The Labute approximate surface area is 161 Å². The van der Waals surface area contributed by atoms with Crippen molar-refractivity contribution in [1.82, 2.24) is 19.4 Å². The Balaban J connectivity index is 1.47. The van der Waals surface area contributed by atoms with E-state index in [1.165, 1.54) is 37.3 Å². The molecular weight excluding hydrogens is 339 g/mol. The van der Waals surface area contributed by atoms with E-state index in [2.05, 4.69) is 39.4 Å². The van der Waals surface area contributed by atoms with Crippen LogP contribution in [0.5, 0.6) is 0 Å². The summed E-state index contributed by atoms with van der Waals surface area (Å²) in [4.78, 5) is 10.0. The molecule has 0 amide bonds. The number of hydrogen-bond acceptors (Lipinski definition) is 3. The molecule has 144 valence electrons. The van der Waals surface area contributed by atoms with Gasteiger partial charge in [-0.05, 0) is 63.4 Å². The van der Waals surface area contributed by atoms with Crippen LogP contribution in [-0.4, -0.2) is 51.1 Å². The summed E-state index contributed by atoms with van der Waals surface area (Å²) in [7, 11) is 0. The Morgan fingerprint density at radius 1 is 1.11 bits per heavy atom. The van der Waals surface area contributed by atoms with Crippen LogP contribution in [0.1, 0.15) is 50.0 Å². The molecule has 2 aromatic rings. The first-order chi connectivity index (χ1) is 13.1. The van der Waals surface area contributed by atoms with Crippen molar-refractivity contribution >= 4 is 0 Å². The fourth-order valence-corrected chi connectivity index (χ4v) is 5.84. The molecule has 4 saturated heterocycles. The quantitative estimate of drug-likeness (QED) is 0.823. The van der Waals surface area contributed by atoms with E-state index in [0.29, 0.717) is 24.0 Å². The number of nitrogens with zero attached hydrogens (tertiary/aromatic N) is 4. The molecule has 6 rings (SSSR count). The number of likely N-dealkylation sites (tertiary alicyclic amines) is 1. The molecule has 27 heavy (non-hydrogen) atoms. The number of piperidine rings is 3. The van der Waals surface area contributed by atoms with Gasteiger partial charge in [0.15, 0.2) is 0 Å². The summed E-state index contributed by atoms with van der Waals surface area (Å²) in [5, 5.41) is 0. The minimum Gasteiger partial charge on any atom is -0.331 e. The van der Waals surface area contributed by atoms with Crippen LogP contribution in [0.2, 0.25) is 0 Å². The fraction of sp³-hybridized carbons (Fsp3) is 0.591. The van der Waals surface area contributed by atoms with E-state index in [1.54, 1.807) is 12.1 Å². The smallest absolute Gasteiger partial charge is 0.123 e. The highest BCUT2D eigenvalue weighted by molar-refractivity contribution is 5.27. The first kappa shape index (κ1) is 17.4. The van der Waals surface area contributed by atoms with Gasteiger partial charge in [-0.25, -0.2) is 9.37 Å². The van der Waals surface area contributed by atoms with Crippen LogP contribution in [0.3, 0.4) is 0 Å². The van der Waals surface area contributed by atoms with Crippen molar-refractivity contribution in [1.29, 1.82) is 0 Å². The van der Waals surface area contributed by atoms with Crippen molar-refractivity contribution < 1.29 is 4.39 Å². The van der Waals surface area contributed by atoms with Crippen LogP contribution in [0.25, 0.3) is 0 Å². The number of aromatic nitrogens is 2. The molecule has 4 aliphatic rings. The van der Waals surface area contributed by atoms with Crippen molar-refractivity contribution in [3.8, 4) is 0 Å². The standard InChI is InChI=1S/C22H29FN4/c1-15(2)27-12-9-24-20(27)14-26-13-19(16-3-5-18(23)6-4-16)22-21(26)17-7-10-25(22)11-8-17/h3-6,9,12,15,17,19,21-22H,7-8,10-11,13-14H2,1-2H3/t19-,21+,22+/m1/s1. The highest BCUT2D eigenvalue weighted by atomic mass is 19.1. The zero-order valence-electron chi connectivity index (χ0n) is 16.3. The van der Waals surface area contributed by atoms with Crippen molar-refractivity contribution in [2.45, 2.75) is 57.3 Å². The number of imidazole rings is 1. The van der Waals surface area contributed by atoms with Gasteiger partial charge in [0.05, 0.1) is 6.54 Å². The third-order valence-electron chi connectivity index (χ3n) is 7.04. The van der Waals surface area contributed by atoms with Crippen LogP contribution in [0.15, 0.2) is 36.7 Å². The molecule has 4 fully saturated rings. The van der Waals surface area contributed by atoms with Crippen LogP contribution in [0, 0.1) is 11.7 Å². The van der Waals surface area contributed by atoms with Gasteiger partial charge < -0.3 is 4.57 Å². The Kier molecular flexibility index (Phi) is 4.32. The second kappa shape index (κ2) is 6.71. The summed E-state index contributed by atoms with van der Waals surface area (Å²) < 4.78 is 15.8. The fourth-order valence-electron chi connectivity index (χ4n) is 5.84. The number of benzene rings is 1. The Morgan fingerprint density at radius 2 is 1.85 bits per heavy atom. The molecular formula is C22H29FN4. The molecule has 1 aromatic carbocycles. The van der Waals surface area contributed by atoms with E-state index in [-0.39, 0.29) is 5.82 Å². The largest absolute Gasteiger partial charge is 0.331 e. The van der Waals surface area contributed by atoms with Gasteiger partial charge in [-0.1, -0.05) is 12.1 Å². The number of hydrogen-bond donors (Lipinski definition) is 0. The monoisotopic (exact) mass is 368 g/mol. The average Bonchev–Trinajstić information content (AvgIpc) is 3.30. The molecule has 0 radical (unpaired) electrons. The molecule has 4 aliphatic heterocycles. The van der Waals surface area contributed by atoms with Crippen molar-refractivity contribution in [3.05, 3.63) is 53.9 Å². The maximum atomic E-state index is 13.5. The Bertz CT molecular complexity index is 791. The lowest BCUT2D eigenvalue weighted by Crippen LogP contribution is -2.60. The van der Waals surface area contributed by atoms with Gasteiger partial charge in [0.2, 0.25) is 0 Å². The lowest BCUT2D eigenvalue weighted by Gasteiger charge is -2.51. The summed E-state index contributed by atoms with van der Waals surface area (Å²) in [6.07, 6.45) is 6.65. The summed E-state index contributed by atoms with van der Waals surface area (Å²) in [6.45, 7) is 8.82. The first-order valence-electron chi connectivity index (χ1n) is 10.4. The predicted octanol–water partition coefficient (Wildman–Crippen LogP) is 3.67. The molecule has 1 aromatic heterocycles. The Morgan fingerprint density at radius 3 is 2.56 bits per heavy atom. The van der Waals surface area contributed by atoms with Crippen LogP contribution in [0.4, 0.5) is 4.39 Å². The normalized spacial score (nSPS) is 33.0. The van der Waals surface area contributed by atoms with Crippen molar-refractivity contribution in [3.63, 3.8) is 0 Å². The predicted molar refractivity (Wildman–Crippen MR) is 104 cm³/mol. The molecule has 5 heterocycles. The minimum absolute atomic E-state index is 0.144. The maximum absolute atomic E-state index is 13.5. The number of rotatable bonds is 4. The van der Waals surface area contributed by atoms with Gasteiger partial charge >= 0.3 is 0 Å². The summed E-state index contributed by atoms with van der Waals surface area (Å²) in [5.74, 6) is 2.27. The molecule has 0 unspecified atom stereocenters. The highest BCUT2D eigenvalue weighted by Gasteiger charge is 2.53. The number of halogens is 1. The third-order valence-corrected chi connectivity index (χ3v) is 7.04. The molecule has 0 N–H and O–H groups in total. The van der Waals surface area contributed by atoms with Gasteiger partial charge in [0.1, 0.15) is 11.6 Å². The van der Waals surface area contributed by atoms with Gasteiger partial charge in [-0.15, -0.1) is 0 Å². The lowest BCUT2D eigenvalue weighted by atomic mass is 9.75. The molecule has 3 atom stereocenters. The van der Waals surface area contributed by atoms with E-state index in [1.807, 2.05) is 18.3 Å². The van der Waals surface area contributed by atoms with E-state index in [0.717, 1.165) is 19.0 Å². The van der Waals surface area contributed by atoms with Crippen LogP contribution < -0.4 is 0 Å². The molecule has 2 bridgehead atoms. The van der Waals surface area contributed by atoms with Gasteiger partial charge in [-0.3, -0.25) is 9.80 Å². The summed E-state index contributed by atoms with van der Waals surface area (Å²) in [5.41, 5.74) is 1.29. The maximum Gasteiger partial charge on any atom is 0.123 e. The van der Waals surface area contributed by atoms with Crippen molar-refractivity contribution in [2.24, 2.45) is 5.92 Å². The van der Waals surface area contributed by atoms with Gasteiger partial charge in [0.25, 0.3) is 0 Å². The zero-order chi connectivity index (χ0) is 18.5. The summed E-state index contributed by atoms with van der Waals surface area (Å²) in [6, 6.07) is 8.83. The third kappa shape index (κ3) is 2.92. The van der Waals surface area contributed by atoms with E-state index < -0.39 is 0 Å². The minimum atomic E-state index is -0.144. The van der Waals surface area contributed by atoms with E-state index in [4.69, 9.17) is 0 Å².